The molecule has 6 rings (SSSR count). The maximum absolute atomic E-state index is 13.7. The molecule has 1 aromatic carbocycles. The Kier molecular flexibility index (Phi) is 15.5. The molecule has 63 heavy (non-hydrogen) atoms. The minimum absolute atomic E-state index is 0.0102. The van der Waals surface area contributed by atoms with Crippen LogP contribution in [0, 0.1) is 23.2 Å². The van der Waals surface area contributed by atoms with Crippen molar-refractivity contribution in [3.8, 4) is 5.75 Å². The standard InChI is InChI=1S/C46H74O16Si/c1-26(2)16-19-45(56-20-21-57-45)27(3)46(52)35(23-30-22-32(17-18-44(30,46)8)62-63(10,11)43(5,6)7)59-42-39(58-28(4)47)37(34(49)25-55-42)61-41-38(36(50)33(48)24-54-41)60-40(51)29-12-14-31(53-9)15-13-29/h12-15,26-27,30,32-39,41-42,48-50,52H,16-25H2,1-11H3/t27-,30-,32+,33-,34+,35+,36+,37+,38-,39-,41+,42+,44+,46-/m1/s1. The van der Waals surface area contributed by atoms with Crippen LogP contribution in [0.3, 0.4) is 0 Å². The highest BCUT2D eigenvalue weighted by molar-refractivity contribution is 6.74. The summed E-state index contributed by atoms with van der Waals surface area (Å²) in [7, 11) is -0.649. The summed E-state index contributed by atoms with van der Waals surface area (Å²) >= 11 is 0. The Morgan fingerprint density at radius 1 is 0.889 bits per heavy atom. The third-order valence-corrected chi connectivity index (χ3v) is 19.6. The summed E-state index contributed by atoms with van der Waals surface area (Å²) < 4.78 is 61.9. The number of rotatable bonds is 15. The molecular weight excluding hydrogens is 837 g/mol. The molecule has 0 radical (unpaired) electrons. The SMILES string of the molecule is COc1ccc(C(=O)O[C@H]2[C@H](O[C@@H]3[C@@H](OC(C)=O)[C@H](O[C@H]4C[C@H]5C[C@@H](O[Si](C)(C)C(C)(C)C)CC[C@]5(C)[C@@]4(O)[C@H](C)C4(CCC(C)C)OCCO4)OC[C@@H]3O)OC[C@@H](O)[C@@H]2O)cc1. The topological polar surface area (TPSA) is 207 Å². The van der Waals surface area contributed by atoms with E-state index in [4.69, 9.17) is 47.1 Å². The average molecular weight is 911 g/mol. The molecule has 17 heteroatoms. The third-order valence-electron chi connectivity index (χ3n) is 15.1. The van der Waals surface area contributed by atoms with Crippen molar-refractivity contribution in [2.45, 2.75) is 185 Å². The lowest BCUT2D eigenvalue weighted by Crippen LogP contribution is -2.66. The van der Waals surface area contributed by atoms with Crippen molar-refractivity contribution in [1.29, 1.82) is 0 Å². The number of aliphatic hydroxyl groups excluding tert-OH is 3. The molecule has 3 aliphatic heterocycles. The number of hydrogen-bond acceptors (Lipinski definition) is 16. The van der Waals surface area contributed by atoms with Gasteiger partial charge in [-0.2, -0.15) is 0 Å². The van der Waals surface area contributed by atoms with Crippen LogP contribution < -0.4 is 4.74 Å². The van der Waals surface area contributed by atoms with Crippen molar-refractivity contribution in [2.24, 2.45) is 23.2 Å². The molecule has 3 saturated heterocycles. The van der Waals surface area contributed by atoms with Crippen LogP contribution in [0.1, 0.15) is 104 Å². The fourth-order valence-electron chi connectivity index (χ4n) is 10.2. The lowest BCUT2D eigenvalue weighted by atomic mass is 9.58. The zero-order chi connectivity index (χ0) is 46.3. The molecule has 1 aromatic rings. The van der Waals surface area contributed by atoms with E-state index in [0.717, 1.165) is 12.8 Å². The first kappa shape index (κ1) is 50.2. The quantitative estimate of drug-likeness (QED) is 0.137. The molecule has 358 valence electrons. The average Bonchev–Trinajstić information content (AvgIpc) is 3.79. The summed E-state index contributed by atoms with van der Waals surface area (Å²) in [5.74, 6) is -2.47. The lowest BCUT2D eigenvalue weighted by molar-refractivity contribution is -0.350. The number of esters is 2. The Morgan fingerprint density at radius 2 is 1.51 bits per heavy atom. The molecule has 4 N–H and O–H groups in total. The minimum atomic E-state index is -2.14. The Balaban J connectivity index is 1.31. The number of carbonyl (C=O) groups excluding carboxylic acids is 2. The molecule has 5 aliphatic rings. The van der Waals surface area contributed by atoms with Crippen LogP contribution in [0.2, 0.25) is 18.1 Å². The monoisotopic (exact) mass is 910 g/mol. The van der Waals surface area contributed by atoms with Crippen LogP contribution in [0.25, 0.3) is 0 Å². The van der Waals surface area contributed by atoms with Crippen molar-refractivity contribution in [1.82, 2.24) is 0 Å². The van der Waals surface area contributed by atoms with E-state index < -0.39 is 105 Å². The number of methoxy groups -OCH3 is 1. The summed E-state index contributed by atoms with van der Waals surface area (Å²) in [4.78, 5) is 26.2. The molecule has 2 aliphatic carbocycles. The summed E-state index contributed by atoms with van der Waals surface area (Å²) in [6.07, 6.45) is -8.89. The van der Waals surface area contributed by atoms with Crippen LogP contribution in [0.15, 0.2) is 24.3 Å². The summed E-state index contributed by atoms with van der Waals surface area (Å²) in [5, 5.41) is 46.8. The first-order valence-corrected chi connectivity index (χ1v) is 25.7. The van der Waals surface area contributed by atoms with Crippen LogP contribution in [0.4, 0.5) is 0 Å². The van der Waals surface area contributed by atoms with Crippen LogP contribution >= 0.6 is 0 Å². The highest BCUT2D eigenvalue weighted by Crippen LogP contribution is 2.64. The normalized spacial score (nSPS) is 37.6. The lowest BCUT2D eigenvalue weighted by Gasteiger charge is -2.55. The van der Waals surface area contributed by atoms with Gasteiger partial charge in [-0.3, -0.25) is 4.79 Å². The van der Waals surface area contributed by atoms with E-state index in [9.17, 15) is 30.0 Å². The molecule has 0 spiro atoms. The van der Waals surface area contributed by atoms with Crippen LogP contribution in [-0.2, 0) is 47.1 Å². The molecule has 5 fully saturated rings. The van der Waals surface area contributed by atoms with Crippen molar-refractivity contribution in [3.63, 3.8) is 0 Å². The molecule has 0 amide bonds. The predicted octanol–water partition coefficient (Wildman–Crippen LogP) is 4.87. The number of carbonyl (C=O) groups is 2. The Labute approximate surface area is 373 Å². The van der Waals surface area contributed by atoms with Gasteiger partial charge in [0, 0.05) is 30.8 Å². The first-order chi connectivity index (χ1) is 29.5. The molecule has 14 atom stereocenters. The van der Waals surface area contributed by atoms with Gasteiger partial charge in [0.2, 0.25) is 0 Å². The smallest absolute Gasteiger partial charge is 0.338 e. The van der Waals surface area contributed by atoms with E-state index in [0.29, 0.717) is 50.6 Å². The van der Waals surface area contributed by atoms with E-state index >= 15 is 0 Å². The molecule has 2 saturated carbocycles. The maximum atomic E-state index is 13.7. The first-order valence-electron chi connectivity index (χ1n) is 22.7. The van der Waals surface area contributed by atoms with Gasteiger partial charge in [-0.25, -0.2) is 4.79 Å². The fraction of sp³-hybridized carbons (Fsp3) is 0.826. The fourth-order valence-corrected chi connectivity index (χ4v) is 11.6. The number of aliphatic hydroxyl groups is 4. The van der Waals surface area contributed by atoms with E-state index in [1.54, 1.807) is 12.1 Å². The van der Waals surface area contributed by atoms with Crippen LogP contribution in [0.5, 0.6) is 5.75 Å². The molecule has 3 heterocycles. The summed E-state index contributed by atoms with van der Waals surface area (Å²) in [6, 6.07) is 6.09. The molecule has 0 unspecified atom stereocenters. The largest absolute Gasteiger partial charge is 0.497 e. The number of benzene rings is 1. The van der Waals surface area contributed by atoms with Crippen molar-refractivity contribution in [3.05, 3.63) is 29.8 Å². The number of hydrogen-bond donors (Lipinski definition) is 4. The zero-order valence-corrected chi connectivity index (χ0v) is 40.1. The van der Waals surface area contributed by atoms with Gasteiger partial charge < -0.3 is 67.5 Å². The number of fused-ring (bicyclic) bond motifs is 1. The van der Waals surface area contributed by atoms with E-state index in [2.05, 4.69) is 54.6 Å². The number of ether oxygens (including phenoxy) is 9. The van der Waals surface area contributed by atoms with Gasteiger partial charge in [0.25, 0.3) is 0 Å². The summed E-state index contributed by atoms with van der Waals surface area (Å²) in [5.41, 5.74) is -2.13. The van der Waals surface area contributed by atoms with Gasteiger partial charge in [0.1, 0.15) is 35.8 Å². The van der Waals surface area contributed by atoms with Crippen LogP contribution in [-0.4, -0.2) is 147 Å². The predicted molar refractivity (Wildman–Crippen MR) is 230 cm³/mol. The van der Waals surface area contributed by atoms with Gasteiger partial charge in [-0.15, -0.1) is 0 Å². The van der Waals surface area contributed by atoms with E-state index in [-0.39, 0.29) is 29.2 Å². The van der Waals surface area contributed by atoms with Crippen molar-refractivity contribution < 1.29 is 77.1 Å². The maximum Gasteiger partial charge on any atom is 0.338 e. The Hall–Kier alpha value is -2.26. The zero-order valence-electron chi connectivity index (χ0n) is 39.1. The van der Waals surface area contributed by atoms with E-state index in [1.165, 1.54) is 26.2 Å². The molecular formula is C46H74O16Si. The molecule has 0 aromatic heterocycles. The minimum Gasteiger partial charge on any atom is -0.497 e. The highest BCUT2D eigenvalue weighted by Gasteiger charge is 2.70. The molecule has 16 nitrogen and oxygen atoms in total. The highest BCUT2D eigenvalue weighted by atomic mass is 28.4. The second-order valence-corrected chi connectivity index (χ2v) is 25.3. The van der Waals surface area contributed by atoms with Gasteiger partial charge in [0.05, 0.1) is 45.2 Å². The summed E-state index contributed by atoms with van der Waals surface area (Å²) in [6.45, 7) is 20.8. The van der Waals surface area contributed by atoms with Crippen molar-refractivity contribution >= 4 is 20.3 Å². The van der Waals surface area contributed by atoms with Gasteiger partial charge in [0.15, 0.2) is 38.9 Å². The van der Waals surface area contributed by atoms with Gasteiger partial charge in [-0.05, 0) is 86.3 Å². The third kappa shape index (κ3) is 10.2. The van der Waals surface area contributed by atoms with Crippen molar-refractivity contribution in [2.75, 3.05) is 33.5 Å². The second kappa shape index (κ2) is 19.5. The second-order valence-electron chi connectivity index (χ2n) is 20.5. The van der Waals surface area contributed by atoms with E-state index in [1.807, 2.05) is 6.92 Å². The van der Waals surface area contributed by atoms with Gasteiger partial charge in [-0.1, -0.05) is 48.5 Å². The Bertz CT molecular complexity index is 1700. The molecule has 0 bridgehead atoms. The Morgan fingerprint density at radius 3 is 2.10 bits per heavy atom. The van der Waals surface area contributed by atoms with Gasteiger partial charge >= 0.3 is 11.9 Å².